The highest BCUT2D eigenvalue weighted by atomic mass is 79.9. The van der Waals surface area contributed by atoms with E-state index in [4.69, 9.17) is 8.83 Å². The summed E-state index contributed by atoms with van der Waals surface area (Å²) in [6.07, 6.45) is 4.02. The molecule has 0 aliphatic carbocycles. The van der Waals surface area contributed by atoms with Crippen molar-refractivity contribution in [3.05, 3.63) is 93.1 Å². The van der Waals surface area contributed by atoms with Gasteiger partial charge >= 0.3 is 5.91 Å². The van der Waals surface area contributed by atoms with E-state index < -0.39 is 5.91 Å². The molecule has 0 spiro atoms. The van der Waals surface area contributed by atoms with E-state index in [0.29, 0.717) is 16.1 Å². The molecular formula is C22H12BrN3O4S. The first-order valence-corrected chi connectivity index (χ1v) is 10.7. The summed E-state index contributed by atoms with van der Waals surface area (Å²) >= 11 is 4.73. The van der Waals surface area contributed by atoms with Gasteiger partial charge in [-0.05, 0) is 42.5 Å². The number of hydrogen-bond acceptors (Lipinski definition) is 7. The van der Waals surface area contributed by atoms with Crippen LogP contribution in [-0.4, -0.2) is 17.1 Å². The molecule has 31 heavy (non-hydrogen) atoms. The van der Waals surface area contributed by atoms with E-state index in [0.717, 1.165) is 19.7 Å². The van der Waals surface area contributed by atoms with Crippen LogP contribution in [0.5, 0.6) is 0 Å². The number of hydrazone groups is 1. The molecule has 2 aromatic carbocycles. The molecule has 0 fully saturated rings. The summed E-state index contributed by atoms with van der Waals surface area (Å²) in [5, 5.41) is 6.17. The molecule has 7 nitrogen and oxygen atoms in total. The molecule has 0 N–H and O–H groups in total. The van der Waals surface area contributed by atoms with E-state index in [2.05, 4.69) is 26.0 Å². The summed E-state index contributed by atoms with van der Waals surface area (Å²) < 4.78 is 12.5. The number of benzene rings is 2. The quantitative estimate of drug-likeness (QED) is 0.245. The van der Waals surface area contributed by atoms with Crippen molar-refractivity contribution in [2.75, 3.05) is 5.01 Å². The second-order valence-corrected chi connectivity index (χ2v) is 8.39. The SMILES string of the molecule is O=C(c1ccco1)N(/N=C/c1coc2ccccc2c1=O)c1nc2ccc(Br)cc2s1. The number of fused-ring (bicyclic) bond motifs is 2. The largest absolute Gasteiger partial charge is 0.463 e. The molecule has 5 rings (SSSR count). The van der Waals surface area contributed by atoms with Crippen LogP contribution in [0.4, 0.5) is 5.13 Å². The molecule has 0 unspecified atom stereocenters. The molecular weight excluding hydrogens is 482 g/mol. The fourth-order valence-corrected chi connectivity index (χ4v) is 4.45. The van der Waals surface area contributed by atoms with Gasteiger partial charge in [-0.2, -0.15) is 10.1 Å². The zero-order chi connectivity index (χ0) is 21.4. The van der Waals surface area contributed by atoms with Crippen molar-refractivity contribution in [2.24, 2.45) is 5.10 Å². The topological polar surface area (TPSA) is 88.9 Å². The van der Waals surface area contributed by atoms with Gasteiger partial charge in [-0.1, -0.05) is 39.4 Å². The average Bonchev–Trinajstić information content (AvgIpc) is 3.45. The summed E-state index contributed by atoms with van der Waals surface area (Å²) in [6, 6.07) is 15.7. The Hall–Kier alpha value is -3.56. The normalized spacial score (nSPS) is 11.5. The standard InChI is InChI=1S/C22H12BrN3O4S/c23-14-7-8-16-19(10-14)31-22(25-16)26(21(28)18-6-3-9-29-18)24-11-13-12-30-17-5-2-1-4-15(17)20(13)27/h1-12H/b24-11+. The highest BCUT2D eigenvalue weighted by molar-refractivity contribution is 9.10. The monoisotopic (exact) mass is 493 g/mol. The van der Waals surface area contributed by atoms with Crippen LogP contribution in [0.15, 0.2) is 90.3 Å². The zero-order valence-corrected chi connectivity index (χ0v) is 18.1. The van der Waals surface area contributed by atoms with Crippen LogP contribution in [0.3, 0.4) is 0 Å². The molecule has 1 amide bonds. The third-order valence-corrected chi connectivity index (χ3v) is 5.95. The number of para-hydroxylation sites is 1. The van der Waals surface area contributed by atoms with Crippen LogP contribution in [-0.2, 0) is 0 Å². The highest BCUT2D eigenvalue weighted by Gasteiger charge is 2.23. The molecule has 5 aromatic rings. The van der Waals surface area contributed by atoms with Crippen LogP contribution < -0.4 is 10.4 Å². The second-order valence-electron chi connectivity index (χ2n) is 6.46. The number of carbonyl (C=O) groups excluding carboxylic acids is 1. The van der Waals surface area contributed by atoms with Gasteiger partial charge in [-0.15, -0.1) is 0 Å². The predicted octanol–water partition coefficient (Wildman–Crippen LogP) is 5.44. The van der Waals surface area contributed by atoms with Gasteiger partial charge in [-0.25, -0.2) is 4.98 Å². The van der Waals surface area contributed by atoms with Crippen molar-refractivity contribution in [1.29, 1.82) is 0 Å². The van der Waals surface area contributed by atoms with Crippen molar-refractivity contribution in [3.8, 4) is 0 Å². The maximum atomic E-state index is 13.0. The van der Waals surface area contributed by atoms with Gasteiger partial charge in [0.25, 0.3) is 0 Å². The lowest BCUT2D eigenvalue weighted by Gasteiger charge is -2.11. The number of amides is 1. The number of rotatable bonds is 4. The third-order valence-electron chi connectivity index (χ3n) is 4.46. The lowest BCUT2D eigenvalue weighted by molar-refractivity contribution is 0.0961. The van der Waals surface area contributed by atoms with Gasteiger partial charge in [0.2, 0.25) is 10.6 Å². The Bertz CT molecular complexity index is 1500. The van der Waals surface area contributed by atoms with Crippen LogP contribution >= 0.6 is 27.3 Å². The number of nitrogens with zero attached hydrogens (tertiary/aromatic N) is 3. The molecule has 0 saturated heterocycles. The number of carbonyl (C=O) groups is 1. The van der Waals surface area contributed by atoms with Crippen molar-refractivity contribution >= 4 is 65.7 Å². The van der Waals surface area contributed by atoms with E-state index in [1.165, 1.54) is 30.1 Å². The third kappa shape index (κ3) is 3.69. The minimum atomic E-state index is -0.510. The summed E-state index contributed by atoms with van der Waals surface area (Å²) in [7, 11) is 0. The Morgan fingerprint density at radius 3 is 2.84 bits per heavy atom. The Labute approximate surface area is 187 Å². The summed E-state index contributed by atoms with van der Waals surface area (Å²) in [5.74, 6) is -0.410. The minimum absolute atomic E-state index is 0.100. The summed E-state index contributed by atoms with van der Waals surface area (Å²) in [5.41, 5.74) is 1.16. The van der Waals surface area contributed by atoms with Crippen molar-refractivity contribution in [1.82, 2.24) is 4.98 Å². The lowest BCUT2D eigenvalue weighted by Crippen LogP contribution is -2.25. The van der Waals surface area contributed by atoms with E-state index in [1.807, 2.05) is 18.2 Å². The number of halogens is 1. The first-order chi connectivity index (χ1) is 15.1. The number of furan rings is 1. The van der Waals surface area contributed by atoms with Crippen molar-refractivity contribution < 1.29 is 13.6 Å². The first-order valence-electron chi connectivity index (χ1n) is 9.09. The average molecular weight is 494 g/mol. The molecule has 3 heterocycles. The van der Waals surface area contributed by atoms with Gasteiger partial charge in [0.05, 0.1) is 33.6 Å². The molecule has 0 atom stereocenters. The number of hydrogen-bond donors (Lipinski definition) is 0. The molecule has 3 aromatic heterocycles. The molecule has 0 saturated carbocycles. The van der Waals surface area contributed by atoms with Crippen molar-refractivity contribution in [2.45, 2.75) is 0 Å². The minimum Gasteiger partial charge on any atom is -0.463 e. The van der Waals surface area contributed by atoms with Crippen LogP contribution in [0.25, 0.3) is 21.2 Å². The molecule has 0 radical (unpaired) electrons. The maximum Gasteiger partial charge on any atom is 0.316 e. The molecule has 152 valence electrons. The molecule has 0 aliphatic heterocycles. The van der Waals surface area contributed by atoms with E-state index in [-0.39, 0.29) is 16.8 Å². The second kappa shape index (κ2) is 7.93. The lowest BCUT2D eigenvalue weighted by atomic mass is 10.2. The Balaban J connectivity index is 1.59. The van der Waals surface area contributed by atoms with E-state index in [1.54, 1.807) is 36.4 Å². The van der Waals surface area contributed by atoms with Gasteiger partial charge in [0.15, 0.2) is 5.76 Å². The predicted molar refractivity (Wildman–Crippen MR) is 123 cm³/mol. The Kier molecular flexibility index (Phi) is 4.97. The smallest absolute Gasteiger partial charge is 0.316 e. The molecule has 0 bridgehead atoms. The van der Waals surface area contributed by atoms with Crippen LogP contribution in [0.1, 0.15) is 16.1 Å². The summed E-state index contributed by atoms with van der Waals surface area (Å²) in [6.45, 7) is 0. The van der Waals surface area contributed by atoms with Crippen LogP contribution in [0.2, 0.25) is 0 Å². The highest BCUT2D eigenvalue weighted by Crippen LogP contribution is 2.32. The van der Waals surface area contributed by atoms with Gasteiger partial charge in [0, 0.05) is 4.47 Å². The van der Waals surface area contributed by atoms with Crippen LogP contribution in [0, 0.1) is 0 Å². The van der Waals surface area contributed by atoms with Gasteiger partial charge in [-0.3, -0.25) is 9.59 Å². The number of anilines is 1. The van der Waals surface area contributed by atoms with E-state index in [9.17, 15) is 9.59 Å². The number of thiazole rings is 1. The molecule has 0 aliphatic rings. The maximum absolute atomic E-state index is 13.0. The Morgan fingerprint density at radius 1 is 1.13 bits per heavy atom. The first kappa shape index (κ1) is 19.4. The fraction of sp³-hybridized carbons (Fsp3) is 0. The van der Waals surface area contributed by atoms with Gasteiger partial charge < -0.3 is 8.83 Å². The Morgan fingerprint density at radius 2 is 2.00 bits per heavy atom. The van der Waals surface area contributed by atoms with Crippen molar-refractivity contribution in [3.63, 3.8) is 0 Å². The van der Waals surface area contributed by atoms with Gasteiger partial charge in [0.1, 0.15) is 11.8 Å². The molecule has 9 heteroatoms. The number of aromatic nitrogens is 1. The zero-order valence-electron chi connectivity index (χ0n) is 15.7. The summed E-state index contributed by atoms with van der Waals surface area (Å²) in [4.78, 5) is 30.3. The van der Waals surface area contributed by atoms with E-state index >= 15 is 0 Å². The fourth-order valence-electron chi connectivity index (χ4n) is 2.97.